The number of benzene rings is 3. The van der Waals surface area contributed by atoms with Crippen molar-refractivity contribution in [2.24, 2.45) is 0 Å². The summed E-state index contributed by atoms with van der Waals surface area (Å²) in [5.41, 5.74) is 1.64. The van der Waals surface area contributed by atoms with Crippen LogP contribution in [0.1, 0.15) is 15.9 Å². The third-order valence-electron chi connectivity index (χ3n) is 7.20. The van der Waals surface area contributed by atoms with E-state index in [1.54, 1.807) is 23.1 Å². The van der Waals surface area contributed by atoms with E-state index in [2.05, 4.69) is 15.0 Å². The number of anilines is 2. The largest absolute Gasteiger partial charge is 0.477 e. The zero-order valence-electron chi connectivity index (χ0n) is 21.5. The van der Waals surface area contributed by atoms with Crippen LogP contribution < -0.4 is 15.2 Å². The van der Waals surface area contributed by atoms with E-state index < -0.39 is 22.8 Å². The molecule has 6 rings (SSSR count). The zero-order chi connectivity index (χ0) is 28.7. The summed E-state index contributed by atoms with van der Waals surface area (Å²) in [6, 6.07) is 15.9. The number of rotatable bonds is 6. The monoisotopic (exact) mass is 592 g/mol. The molecule has 3 aromatic carbocycles. The molecular formula is C29H23Cl2FN6O3. The Morgan fingerprint density at radius 2 is 1.61 bits per heavy atom. The first-order chi connectivity index (χ1) is 19.8. The molecule has 1 aliphatic rings. The molecular weight excluding hydrogens is 570 g/mol. The Bertz CT molecular complexity index is 1800. The van der Waals surface area contributed by atoms with E-state index >= 15 is 4.39 Å². The van der Waals surface area contributed by atoms with Gasteiger partial charge < -0.3 is 19.5 Å². The van der Waals surface area contributed by atoms with Crippen LogP contribution in [0.15, 0.2) is 78.2 Å². The van der Waals surface area contributed by atoms with Gasteiger partial charge in [-0.2, -0.15) is 5.10 Å². The molecule has 0 spiro atoms. The number of carboxylic acids is 1. The van der Waals surface area contributed by atoms with Crippen LogP contribution in [0.5, 0.6) is 0 Å². The minimum Gasteiger partial charge on any atom is -0.477 e. The van der Waals surface area contributed by atoms with Crippen LogP contribution in [0.2, 0.25) is 10.0 Å². The summed E-state index contributed by atoms with van der Waals surface area (Å²) in [5.74, 6) is -2.09. The van der Waals surface area contributed by atoms with Gasteiger partial charge in [-0.15, -0.1) is 0 Å². The van der Waals surface area contributed by atoms with E-state index in [1.807, 2.05) is 41.3 Å². The first kappa shape index (κ1) is 26.8. The van der Waals surface area contributed by atoms with Crippen molar-refractivity contribution < 1.29 is 14.3 Å². The number of piperazine rings is 1. The number of carbonyl (C=O) groups is 1. The molecule has 0 radical (unpaired) electrons. The summed E-state index contributed by atoms with van der Waals surface area (Å²) in [6.07, 6.45) is 4.30. The van der Waals surface area contributed by atoms with Gasteiger partial charge in [0.25, 0.3) is 0 Å². The fraction of sp³-hybridized carbons (Fsp3) is 0.172. The lowest BCUT2D eigenvalue weighted by atomic mass is 10.1. The van der Waals surface area contributed by atoms with Crippen molar-refractivity contribution in [1.29, 1.82) is 0 Å². The number of aromatic carboxylic acids is 1. The van der Waals surface area contributed by atoms with Gasteiger partial charge in [0.15, 0.2) is 0 Å². The van der Waals surface area contributed by atoms with Gasteiger partial charge in [-0.1, -0.05) is 35.3 Å². The van der Waals surface area contributed by atoms with Crippen LogP contribution in [0.25, 0.3) is 16.6 Å². The summed E-state index contributed by atoms with van der Waals surface area (Å²) in [7, 11) is 0. The highest BCUT2D eigenvalue weighted by atomic mass is 35.5. The van der Waals surface area contributed by atoms with Crippen LogP contribution in [0.4, 0.5) is 15.8 Å². The van der Waals surface area contributed by atoms with Crippen molar-refractivity contribution in [3.63, 3.8) is 0 Å². The maximum absolute atomic E-state index is 15.6. The number of pyridine rings is 1. The van der Waals surface area contributed by atoms with Gasteiger partial charge in [-0.05, 0) is 48.0 Å². The second-order valence-corrected chi connectivity index (χ2v) is 10.5. The average Bonchev–Trinajstić information content (AvgIpc) is 3.48. The quantitative estimate of drug-likeness (QED) is 0.293. The van der Waals surface area contributed by atoms with Gasteiger partial charge in [0, 0.05) is 48.8 Å². The number of halogens is 3. The van der Waals surface area contributed by atoms with E-state index in [9.17, 15) is 14.7 Å². The molecule has 9 nitrogen and oxygen atoms in total. The minimum atomic E-state index is -1.41. The number of hydrogen-bond acceptors (Lipinski definition) is 6. The summed E-state index contributed by atoms with van der Waals surface area (Å²) in [6.45, 7) is 2.70. The van der Waals surface area contributed by atoms with Crippen molar-refractivity contribution >= 4 is 51.4 Å². The van der Waals surface area contributed by atoms with Gasteiger partial charge in [0.05, 0.1) is 28.2 Å². The third-order valence-corrected chi connectivity index (χ3v) is 7.81. The third kappa shape index (κ3) is 5.12. The van der Waals surface area contributed by atoms with Crippen molar-refractivity contribution in [2.45, 2.75) is 6.54 Å². The second kappa shape index (κ2) is 10.9. The summed E-state index contributed by atoms with van der Waals surface area (Å²) >= 11 is 12.9. The molecule has 1 fully saturated rings. The number of carboxylic acid groups (broad SMARTS) is 1. The fourth-order valence-corrected chi connectivity index (χ4v) is 5.68. The number of fused-ring (bicyclic) bond motifs is 1. The Morgan fingerprint density at radius 3 is 2.24 bits per heavy atom. The molecule has 0 atom stereocenters. The predicted octanol–water partition coefficient (Wildman–Crippen LogP) is 5.10. The smallest absolute Gasteiger partial charge is 0.341 e. The average molecular weight is 593 g/mol. The molecule has 208 valence electrons. The van der Waals surface area contributed by atoms with Crippen molar-refractivity contribution in [2.75, 3.05) is 36.0 Å². The van der Waals surface area contributed by atoms with Crippen molar-refractivity contribution in [1.82, 2.24) is 19.3 Å². The summed E-state index contributed by atoms with van der Waals surface area (Å²) in [4.78, 5) is 33.1. The van der Waals surface area contributed by atoms with Gasteiger partial charge in [-0.3, -0.25) is 4.79 Å². The van der Waals surface area contributed by atoms with Gasteiger partial charge in [-0.25, -0.2) is 18.9 Å². The van der Waals surface area contributed by atoms with Gasteiger partial charge >= 0.3 is 5.97 Å². The number of aromatic nitrogens is 4. The lowest BCUT2D eigenvalue weighted by Crippen LogP contribution is -2.47. The topological polar surface area (TPSA) is 96.5 Å². The molecule has 0 amide bonds. The Morgan fingerprint density at radius 1 is 0.951 bits per heavy atom. The zero-order valence-corrected chi connectivity index (χ0v) is 23.1. The van der Waals surface area contributed by atoms with Crippen LogP contribution in [-0.2, 0) is 6.54 Å². The van der Waals surface area contributed by atoms with E-state index in [-0.39, 0.29) is 21.6 Å². The molecule has 3 heterocycles. The maximum Gasteiger partial charge on any atom is 0.341 e. The van der Waals surface area contributed by atoms with Gasteiger partial charge in [0.1, 0.15) is 24.0 Å². The highest BCUT2D eigenvalue weighted by Gasteiger charge is 2.27. The molecule has 0 unspecified atom stereocenters. The Balaban J connectivity index is 1.40. The van der Waals surface area contributed by atoms with E-state index in [0.29, 0.717) is 43.4 Å². The molecule has 1 saturated heterocycles. The van der Waals surface area contributed by atoms with E-state index in [0.717, 1.165) is 17.3 Å². The normalized spacial score (nSPS) is 13.6. The van der Waals surface area contributed by atoms with Crippen LogP contribution in [0, 0.1) is 5.82 Å². The lowest BCUT2D eigenvalue weighted by molar-refractivity contribution is 0.0695. The number of nitrogens with zero attached hydrogens (tertiary/aromatic N) is 6. The van der Waals surface area contributed by atoms with Crippen molar-refractivity contribution in [3.05, 3.63) is 111 Å². The molecule has 1 N–H and O–H groups in total. The van der Waals surface area contributed by atoms with Gasteiger partial charge in [0.2, 0.25) is 5.43 Å². The first-order valence-electron chi connectivity index (χ1n) is 12.8. The fourth-order valence-electron chi connectivity index (χ4n) is 5.15. The molecule has 5 aromatic rings. The Labute approximate surface area is 243 Å². The molecule has 12 heteroatoms. The predicted molar refractivity (Wildman–Crippen MR) is 156 cm³/mol. The van der Waals surface area contributed by atoms with Crippen LogP contribution in [-0.4, -0.2) is 56.6 Å². The van der Waals surface area contributed by atoms with E-state index in [4.69, 9.17) is 23.2 Å². The second-order valence-electron chi connectivity index (χ2n) is 9.67. The highest BCUT2D eigenvalue weighted by molar-refractivity contribution is 6.38. The summed E-state index contributed by atoms with van der Waals surface area (Å²) in [5, 5.41) is 14.4. The maximum atomic E-state index is 15.6. The minimum absolute atomic E-state index is 0.0423. The molecule has 41 heavy (non-hydrogen) atoms. The highest BCUT2D eigenvalue weighted by Crippen LogP contribution is 2.37. The Hall–Kier alpha value is -4.41. The summed E-state index contributed by atoms with van der Waals surface area (Å²) < 4.78 is 18.9. The molecule has 2 aromatic heterocycles. The molecule has 1 aliphatic heterocycles. The first-order valence-corrected chi connectivity index (χ1v) is 13.5. The lowest BCUT2D eigenvalue weighted by Gasteiger charge is -2.38. The van der Waals surface area contributed by atoms with E-state index in [1.165, 1.54) is 17.1 Å². The van der Waals surface area contributed by atoms with Crippen LogP contribution in [0.3, 0.4) is 0 Å². The molecule has 0 bridgehead atoms. The van der Waals surface area contributed by atoms with Crippen LogP contribution >= 0.6 is 23.2 Å². The Kier molecular flexibility index (Phi) is 7.10. The standard InChI is InChI=1S/C29H23Cl2FN6O3/c30-19-3-7-20(8-4-19)35-9-11-36(12-10-35)27-24(32)13-22-26(25(27)31)38(15-23(28(22)39)29(40)41)21-5-1-18(2-6-21)14-37-17-33-16-34-37/h1-8,13,15-17H,9-12,14H2,(H,40,41). The number of hydrogen-bond donors (Lipinski definition) is 1. The SMILES string of the molecule is O=C(O)c1cn(-c2ccc(Cn3cncn3)cc2)c2c(Cl)c(N3CCN(c4ccc(Cl)cc4)CC3)c(F)cc2c1=O. The van der Waals surface area contributed by atoms with Crippen molar-refractivity contribution in [3.8, 4) is 5.69 Å². The molecule has 0 aliphatic carbocycles. The molecule has 0 saturated carbocycles.